The van der Waals surface area contributed by atoms with Crippen LogP contribution in [0.5, 0.6) is 0 Å². The lowest BCUT2D eigenvalue weighted by atomic mass is 10.1. The predicted octanol–water partition coefficient (Wildman–Crippen LogP) is 1.29. The maximum absolute atomic E-state index is 10.5. The molecule has 0 atom stereocenters. The SMILES string of the molecule is CC(C)C=C/C(=C/C(=O)O)C(=O)O. The van der Waals surface area contributed by atoms with Gasteiger partial charge in [0.1, 0.15) is 0 Å². The van der Waals surface area contributed by atoms with Gasteiger partial charge in [-0.2, -0.15) is 0 Å². The molecular formula is C9H12O4. The molecule has 4 heteroatoms. The summed E-state index contributed by atoms with van der Waals surface area (Å²) in [6, 6.07) is 0. The zero-order valence-corrected chi connectivity index (χ0v) is 7.52. The zero-order valence-electron chi connectivity index (χ0n) is 7.52. The van der Waals surface area contributed by atoms with E-state index in [1.807, 2.05) is 13.8 Å². The first-order valence-corrected chi connectivity index (χ1v) is 3.79. The largest absolute Gasteiger partial charge is 0.478 e. The molecule has 0 aliphatic carbocycles. The van der Waals surface area contributed by atoms with Crippen molar-refractivity contribution in [1.29, 1.82) is 0 Å². The summed E-state index contributed by atoms with van der Waals surface area (Å²) >= 11 is 0. The highest BCUT2D eigenvalue weighted by Crippen LogP contribution is 2.01. The summed E-state index contributed by atoms with van der Waals surface area (Å²) in [6.07, 6.45) is 3.59. The molecule has 0 heterocycles. The van der Waals surface area contributed by atoms with Gasteiger partial charge in [0.25, 0.3) is 0 Å². The van der Waals surface area contributed by atoms with Gasteiger partial charge >= 0.3 is 11.9 Å². The highest BCUT2D eigenvalue weighted by molar-refractivity contribution is 5.96. The Bertz CT molecular complexity index is 261. The molecule has 13 heavy (non-hydrogen) atoms. The number of hydrogen-bond acceptors (Lipinski definition) is 2. The van der Waals surface area contributed by atoms with Crippen LogP contribution in [0.2, 0.25) is 0 Å². The Kier molecular flexibility index (Phi) is 4.51. The van der Waals surface area contributed by atoms with E-state index in [0.29, 0.717) is 6.08 Å². The molecule has 0 rings (SSSR count). The minimum absolute atomic E-state index is 0.191. The quantitative estimate of drug-likeness (QED) is 0.510. The van der Waals surface area contributed by atoms with Gasteiger partial charge in [-0.3, -0.25) is 0 Å². The lowest BCUT2D eigenvalue weighted by Gasteiger charge is -1.95. The van der Waals surface area contributed by atoms with Crippen molar-refractivity contribution in [1.82, 2.24) is 0 Å². The van der Waals surface area contributed by atoms with E-state index >= 15 is 0 Å². The fourth-order valence-corrected chi connectivity index (χ4v) is 0.610. The van der Waals surface area contributed by atoms with Crippen LogP contribution in [-0.4, -0.2) is 22.2 Å². The number of carbonyl (C=O) groups is 2. The minimum Gasteiger partial charge on any atom is -0.478 e. The molecule has 0 bridgehead atoms. The Labute approximate surface area is 76.2 Å². The second-order valence-corrected chi connectivity index (χ2v) is 2.85. The second kappa shape index (κ2) is 5.13. The Balaban J connectivity index is 4.64. The third kappa shape index (κ3) is 5.66. The number of carboxylic acids is 2. The molecule has 0 unspecified atom stereocenters. The Morgan fingerprint density at radius 1 is 1.23 bits per heavy atom. The smallest absolute Gasteiger partial charge is 0.335 e. The van der Waals surface area contributed by atoms with Crippen LogP contribution in [0.1, 0.15) is 13.8 Å². The van der Waals surface area contributed by atoms with Crippen LogP contribution in [0.25, 0.3) is 0 Å². The van der Waals surface area contributed by atoms with E-state index in [0.717, 1.165) is 0 Å². The molecule has 0 aliphatic heterocycles. The lowest BCUT2D eigenvalue weighted by Crippen LogP contribution is -2.01. The summed E-state index contributed by atoms with van der Waals surface area (Å²) in [7, 11) is 0. The standard InChI is InChI=1S/C9H12O4/c1-6(2)3-4-7(9(12)13)5-8(10)11/h3-6H,1-2H3,(H,10,11)(H,12,13)/b4-3?,7-5-. The number of carboxylic acid groups (broad SMARTS) is 2. The van der Waals surface area contributed by atoms with E-state index in [-0.39, 0.29) is 11.5 Å². The van der Waals surface area contributed by atoms with Gasteiger partial charge in [-0.05, 0) is 5.92 Å². The summed E-state index contributed by atoms with van der Waals surface area (Å²) in [5, 5.41) is 16.9. The van der Waals surface area contributed by atoms with Crippen molar-refractivity contribution >= 4 is 11.9 Å². The molecule has 0 radical (unpaired) electrons. The van der Waals surface area contributed by atoms with Gasteiger partial charge < -0.3 is 10.2 Å². The van der Waals surface area contributed by atoms with Crippen LogP contribution >= 0.6 is 0 Å². The van der Waals surface area contributed by atoms with Crippen LogP contribution < -0.4 is 0 Å². The van der Waals surface area contributed by atoms with Crippen molar-refractivity contribution in [2.45, 2.75) is 13.8 Å². The van der Waals surface area contributed by atoms with Crippen LogP contribution in [0.3, 0.4) is 0 Å². The maximum atomic E-state index is 10.5. The average molecular weight is 184 g/mol. The molecule has 0 saturated heterocycles. The lowest BCUT2D eigenvalue weighted by molar-refractivity contribution is -0.134. The first kappa shape index (κ1) is 11.4. The van der Waals surface area contributed by atoms with E-state index in [4.69, 9.17) is 10.2 Å². The van der Waals surface area contributed by atoms with Crippen molar-refractivity contribution in [3.63, 3.8) is 0 Å². The number of rotatable bonds is 4. The van der Waals surface area contributed by atoms with Gasteiger partial charge in [-0.25, -0.2) is 9.59 Å². The monoisotopic (exact) mass is 184 g/mol. The Morgan fingerprint density at radius 2 is 1.77 bits per heavy atom. The van der Waals surface area contributed by atoms with Crippen molar-refractivity contribution in [2.24, 2.45) is 5.92 Å². The normalized spacial score (nSPS) is 12.4. The van der Waals surface area contributed by atoms with Gasteiger partial charge in [0.05, 0.1) is 5.57 Å². The van der Waals surface area contributed by atoms with E-state index in [2.05, 4.69) is 0 Å². The van der Waals surface area contributed by atoms with Gasteiger partial charge in [0.15, 0.2) is 0 Å². The van der Waals surface area contributed by atoms with Crippen LogP contribution in [0.15, 0.2) is 23.8 Å². The molecule has 0 aromatic rings. The molecule has 4 nitrogen and oxygen atoms in total. The van der Waals surface area contributed by atoms with Crippen molar-refractivity contribution < 1.29 is 19.8 Å². The summed E-state index contributed by atoms with van der Waals surface area (Å²) in [5.74, 6) is -2.30. The summed E-state index contributed by atoms with van der Waals surface area (Å²) in [4.78, 5) is 20.6. The van der Waals surface area contributed by atoms with Gasteiger partial charge in [0.2, 0.25) is 0 Å². The van der Waals surface area contributed by atoms with Gasteiger partial charge in [0, 0.05) is 6.08 Å². The zero-order chi connectivity index (χ0) is 10.4. The maximum Gasteiger partial charge on any atom is 0.335 e. The van der Waals surface area contributed by atoms with Gasteiger partial charge in [-0.1, -0.05) is 26.0 Å². The Morgan fingerprint density at radius 3 is 2.08 bits per heavy atom. The van der Waals surface area contributed by atoms with Crippen LogP contribution in [0, 0.1) is 5.92 Å². The first-order valence-electron chi connectivity index (χ1n) is 3.79. The molecule has 0 aliphatic rings. The van der Waals surface area contributed by atoms with Crippen molar-refractivity contribution in [2.75, 3.05) is 0 Å². The first-order chi connectivity index (χ1) is 5.93. The van der Waals surface area contributed by atoms with E-state index in [1.165, 1.54) is 6.08 Å². The molecule has 0 aromatic carbocycles. The van der Waals surface area contributed by atoms with E-state index in [1.54, 1.807) is 6.08 Å². The molecule has 72 valence electrons. The molecule has 0 aromatic heterocycles. The predicted molar refractivity (Wildman–Crippen MR) is 47.3 cm³/mol. The van der Waals surface area contributed by atoms with Crippen molar-refractivity contribution in [3.05, 3.63) is 23.8 Å². The summed E-state index contributed by atoms with van der Waals surface area (Å²) in [6.45, 7) is 3.74. The molecule has 2 N–H and O–H groups in total. The molecule has 0 spiro atoms. The van der Waals surface area contributed by atoms with Crippen molar-refractivity contribution in [3.8, 4) is 0 Å². The number of allylic oxidation sites excluding steroid dienone is 1. The third-order valence-corrected chi connectivity index (χ3v) is 1.19. The topological polar surface area (TPSA) is 74.6 Å². The third-order valence-electron chi connectivity index (χ3n) is 1.19. The summed E-state index contributed by atoms with van der Waals surface area (Å²) < 4.78 is 0. The molecule has 0 amide bonds. The molecule has 0 saturated carbocycles. The van der Waals surface area contributed by atoms with Crippen LogP contribution in [0.4, 0.5) is 0 Å². The average Bonchev–Trinajstić information content (AvgIpc) is 1.96. The fraction of sp³-hybridized carbons (Fsp3) is 0.333. The fourth-order valence-electron chi connectivity index (χ4n) is 0.610. The molecular weight excluding hydrogens is 172 g/mol. The highest BCUT2D eigenvalue weighted by Gasteiger charge is 2.05. The summed E-state index contributed by atoms with van der Waals surface area (Å²) in [5.41, 5.74) is -0.221. The molecule has 0 fully saturated rings. The van der Waals surface area contributed by atoms with E-state index < -0.39 is 11.9 Å². The van der Waals surface area contributed by atoms with E-state index in [9.17, 15) is 9.59 Å². The van der Waals surface area contributed by atoms with Gasteiger partial charge in [-0.15, -0.1) is 0 Å². The highest BCUT2D eigenvalue weighted by atomic mass is 16.4. The van der Waals surface area contributed by atoms with Crippen LogP contribution in [-0.2, 0) is 9.59 Å². The Hall–Kier alpha value is -1.58. The number of hydrogen-bond donors (Lipinski definition) is 2. The number of aliphatic carboxylic acids is 2. The minimum atomic E-state index is -1.26. The second-order valence-electron chi connectivity index (χ2n) is 2.85.